The molecule has 1 fully saturated rings. The van der Waals surface area contributed by atoms with E-state index < -0.39 is 0 Å². The van der Waals surface area contributed by atoms with Crippen molar-refractivity contribution in [3.63, 3.8) is 0 Å². The zero-order valence-electron chi connectivity index (χ0n) is 14.1. The van der Waals surface area contributed by atoms with Crippen molar-refractivity contribution in [2.75, 3.05) is 0 Å². The van der Waals surface area contributed by atoms with Gasteiger partial charge in [0.1, 0.15) is 0 Å². The quantitative estimate of drug-likeness (QED) is 0.311. The first-order valence-corrected chi connectivity index (χ1v) is 9.56. The molecular weight excluding hydrogens is 500 g/mol. The van der Waals surface area contributed by atoms with Crippen LogP contribution in [-0.2, 0) is 30.6 Å². The average molecular weight is 528 g/mol. The molecule has 1 N–H and O–H groups in total. The third-order valence-corrected chi connectivity index (χ3v) is 3.33. The van der Waals surface area contributed by atoms with Crippen molar-refractivity contribution >= 4 is 15.4 Å². The van der Waals surface area contributed by atoms with Gasteiger partial charge in [0.05, 0.1) is 5.91 Å². The van der Waals surface area contributed by atoms with Gasteiger partial charge in [0.15, 0.2) is 0 Å². The Balaban J connectivity index is -0.000000114. The van der Waals surface area contributed by atoms with E-state index in [0.29, 0.717) is 0 Å². The predicted octanol–water partition coefficient (Wildman–Crippen LogP) is -1.24. The van der Waals surface area contributed by atoms with Crippen molar-refractivity contribution in [1.82, 2.24) is 0 Å². The Morgan fingerprint density at radius 3 is 1.82 bits per heavy atom. The third-order valence-electron chi connectivity index (χ3n) is 3.33. The Labute approximate surface area is 170 Å². The van der Waals surface area contributed by atoms with Crippen LogP contribution in [0.2, 0.25) is 13.1 Å². The van der Waals surface area contributed by atoms with Crippen molar-refractivity contribution in [2.24, 2.45) is 5.92 Å². The number of carbonyl (C=O) groups is 1. The molecule has 2 nitrogen and oxygen atoms in total. The van der Waals surface area contributed by atoms with Crippen LogP contribution in [0.3, 0.4) is 0 Å². The largest absolute Gasteiger partial charge is 4.00 e. The van der Waals surface area contributed by atoms with Gasteiger partial charge in [-0.25, -0.2) is 11.6 Å². The van der Waals surface area contributed by atoms with Gasteiger partial charge in [-0.15, -0.1) is 13.3 Å². The molecule has 0 saturated heterocycles. The molecule has 0 spiro atoms. The summed E-state index contributed by atoms with van der Waals surface area (Å²) in [4.78, 5) is 10.5. The molecule has 2 aliphatic carbocycles. The standard InChI is InChI=1S/C7H13NO.C7H9.C2H7Si.2ClH.Hf/c8-7(9)6-4-2-1-3-5-6;1-6-4-3-5-7(6)2;1-3-2;;;/h6H,1-5H2,(H2,8,9);4H,5H2,1-2H3;3H,1-2H3;2*1H;/q;-1;;;;+4/p-3. The van der Waals surface area contributed by atoms with Crippen LogP contribution in [0.25, 0.3) is 5.73 Å². The van der Waals surface area contributed by atoms with Crippen molar-refractivity contribution in [3.8, 4) is 0 Å². The van der Waals surface area contributed by atoms with Crippen molar-refractivity contribution in [2.45, 2.75) is 65.5 Å². The molecule has 2 rings (SSSR count). The molecular formula is C16H28Cl2HfNOSi. The van der Waals surface area contributed by atoms with E-state index in [1.165, 1.54) is 17.6 Å². The third kappa shape index (κ3) is 15.5. The Bertz CT molecular complexity index is 330. The average Bonchev–Trinajstić information content (AvgIpc) is 2.76. The summed E-state index contributed by atoms with van der Waals surface area (Å²) in [6, 6.07) is 0. The number of hydrogen-bond donors (Lipinski definition) is 0. The van der Waals surface area contributed by atoms with Crippen LogP contribution in [0.15, 0.2) is 17.2 Å². The molecule has 0 aromatic heterocycles. The van der Waals surface area contributed by atoms with E-state index in [9.17, 15) is 4.79 Å². The van der Waals surface area contributed by atoms with Crippen LogP contribution >= 0.6 is 0 Å². The summed E-state index contributed by atoms with van der Waals surface area (Å²) >= 11 is 0. The molecule has 6 heteroatoms. The fraction of sp³-hybridized carbons (Fsp3) is 0.688. The minimum absolute atomic E-state index is 0. The minimum atomic E-state index is -0.352. The van der Waals surface area contributed by atoms with E-state index in [2.05, 4.69) is 39.1 Å². The summed E-state index contributed by atoms with van der Waals surface area (Å²) in [6.45, 7) is 8.68. The molecule has 1 amide bonds. The van der Waals surface area contributed by atoms with Gasteiger partial charge in [0.2, 0.25) is 0 Å². The Kier molecular flexibility index (Phi) is 27.3. The summed E-state index contributed by atoms with van der Waals surface area (Å²) in [5.74, 6) is -0.270. The summed E-state index contributed by atoms with van der Waals surface area (Å²) in [6.07, 6.45) is 11.7. The van der Waals surface area contributed by atoms with Crippen LogP contribution in [0.5, 0.6) is 0 Å². The molecule has 0 atom stereocenters. The van der Waals surface area contributed by atoms with E-state index in [-0.39, 0.29) is 62.5 Å². The molecule has 22 heavy (non-hydrogen) atoms. The summed E-state index contributed by atoms with van der Waals surface area (Å²) in [7, 11) is 0.750. The SMILES string of the molecule is CC1=C(C)C[C-]=C1.C[SiH]C.[Cl-].[Cl-].[Hf+4].[NH-]C(=O)C1CCCCC1. The number of nitrogens with one attached hydrogen (secondary N) is 1. The molecule has 0 bridgehead atoms. The van der Waals surface area contributed by atoms with Gasteiger partial charge in [0, 0.05) is 15.4 Å². The van der Waals surface area contributed by atoms with Crippen LogP contribution in [0, 0.1) is 12.0 Å². The predicted molar refractivity (Wildman–Crippen MR) is 85.6 cm³/mol. The fourth-order valence-corrected chi connectivity index (χ4v) is 1.98. The Morgan fingerprint density at radius 1 is 1.18 bits per heavy atom. The zero-order valence-corrected chi connectivity index (χ0v) is 20.4. The van der Waals surface area contributed by atoms with Crippen molar-refractivity contribution in [1.29, 1.82) is 0 Å². The molecule has 0 aromatic carbocycles. The molecule has 0 aliphatic heterocycles. The minimum Gasteiger partial charge on any atom is -1.00 e. The van der Waals surface area contributed by atoms with Crippen molar-refractivity contribution < 1.29 is 55.5 Å². The van der Waals surface area contributed by atoms with Gasteiger partial charge in [-0.2, -0.15) is 5.57 Å². The van der Waals surface area contributed by atoms with Crippen LogP contribution < -0.4 is 24.8 Å². The Hall–Kier alpha value is 0.617. The number of allylic oxidation sites excluding steroid dienone is 4. The topological polar surface area (TPSA) is 40.9 Å². The van der Waals surface area contributed by atoms with Gasteiger partial charge >= 0.3 is 25.8 Å². The first-order valence-electron chi connectivity index (χ1n) is 7.25. The first-order chi connectivity index (χ1) is 9.02. The smallest absolute Gasteiger partial charge is 1.00 e. The number of carbonyl (C=O) groups excluding carboxylic acids is 1. The maximum absolute atomic E-state index is 10.5. The van der Waals surface area contributed by atoms with E-state index >= 15 is 0 Å². The number of hydrogen-bond acceptors (Lipinski definition) is 1. The van der Waals surface area contributed by atoms with E-state index in [1.54, 1.807) is 0 Å². The van der Waals surface area contributed by atoms with E-state index in [4.69, 9.17) is 5.73 Å². The first kappa shape index (κ1) is 30.5. The number of amides is 1. The number of halogens is 2. The molecule has 1 saturated carbocycles. The summed E-state index contributed by atoms with van der Waals surface area (Å²) in [5.41, 5.74) is 9.68. The molecule has 0 aromatic rings. The van der Waals surface area contributed by atoms with Gasteiger partial charge in [-0.3, -0.25) is 6.08 Å². The van der Waals surface area contributed by atoms with Crippen LogP contribution in [0.4, 0.5) is 0 Å². The van der Waals surface area contributed by atoms with Gasteiger partial charge in [-0.05, 0) is 12.8 Å². The van der Waals surface area contributed by atoms with Gasteiger partial charge in [0.25, 0.3) is 0 Å². The zero-order chi connectivity index (χ0) is 14.7. The second-order valence-corrected chi connectivity index (χ2v) is 6.42. The second-order valence-electron chi connectivity index (χ2n) is 5.27. The molecule has 1 radical (unpaired) electrons. The monoisotopic (exact) mass is 528 g/mol. The molecule has 2 aliphatic rings. The van der Waals surface area contributed by atoms with Gasteiger partial charge in [-0.1, -0.05) is 39.3 Å². The summed E-state index contributed by atoms with van der Waals surface area (Å²) < 4.78 is 0. The van der Waals surface area contributed by atoms with Crippen molar-refractivity contribution in [3.05, 3.63) is 29.0 Å². The molecule has 0 heterocycles. The molecule has 0 unspecified atom stereocenters. The molecule has 125 valence electrons. The maximum Gasteiger partial charge on any atom is 4.00 e. The van der Waals surface area contributed by atoms with E-state index in [1.807, 2.05) is 0 Å². The second kappa shape index (κ2) is 19.7. The Morgan fingerprint density at radius 2 is 1.64 bits per heavy atom. The van der Waals surface area contributed by atoms with Crippen LogP contribution in [-0.4, -0.2) is 15.4 Å². The van der Waals surface area contributed by atoms with Gasteiger partial charge < -0.3 is 35.3 Å². The van der Waals surface area contributed by atoms with E-state index in [0.717, 1.165) is 41.6 Å². The fourth-order valence-electron chi connectivity index (χ4n) is 1.98. The normalized spacial score (nSPS) is 15.8. The maximum atomic E-state index is 10.5. The van der Waals surface area contributed by atoms with Crippen LogP contribution in [0.1, 0.15) is 52.4 Å². The summed E-state index contributed by atoms with van der Waals surface area (Å²) in [5, 5.41) is 0. The number of rotatable bonds is 1.